The van der Waals surface area contributed by atoms with Crippen LogP contribution in [0.4, 0.5) is 0 Å². The van der Waals surface area contributed by atoms with E-state index in [1.54, 1.807) is 0 Å². The Hall–Kier alpha value is 0.0900. The van der Waals surface area contributed by atoms with Crippen molar-refractivity contribution in [3.63, 3.8) is 0 Å². The lowest BCUT2D eigenvalue weighted by Crippen LogP contribution is -2.11. The minimum Gasteiger partial charge on any atom is -0.134 e. The maximum Gasteiger partial charge on any atom is -0.00472 e. The molecule has 0 saturated carbocycles. The summed E-state index contributed by atoms with van der Waals surface area (Å²) < 4.78 is 0. The third-order valence-electron chi connectivity index (χ3n) is 2.02. The fourth-order valence-electron chi connectivity index (χ4n) is 1.53. The minimum absolute atomic E-state index is 0.392. The molecule has 0 aromatic rings. The van der Waals surface area contributed by atoms with Crippen LogP contribution in [0.2, 0.25) is 0 Å². The maximum absolute atomic E-state index is 2.32. The van der Waals surface area contributed by atoms with Crippen molar-refractivity contribution in [1.82, 2.24) is 0 Å². The molecule has 0 aromatic heterocycles. The molecule has 0 saturated heterocycles. The third kappa shape index (κ3) is 3.33. The quantitative estimate of drug-likeness (QED) is 0.615. The van der Waals surface area contributed by atoms with Crippen LogP contribution in [0.15, 0.2) is 11.0 Å². The van der Waals surface area contributed by atoms with Gasteiger partial charge in [0.15, 0.2) is 0 Å². The summed E-state index contributed by atoms with van der Waals surface area (Å²) in [5, 5.41) is 0. The molecule has 0 aliphatic carbocycles. The fraction of sp³-hybridized carbons (Fsp3) is 0.800. The molecule has 0 nitrogen and oxygen atoms in total. The van der Waals surface area contributed by atoms with E-state index in [9.17, 15) is 0 Å². The number of rotatable bonds is 4. The van der Waals surface area contributed by atoms with Crippen LogP contribution in [0.1, 0.15) is 40.5 Å². The van der Waals surface area contributed by atoms with Crippen molar-refractivity contribution in [3.05, 3.63) is 11.0 Å². The Morgan fingerprint density at radius 3 is 2.27 bits per heavy atom. The molecule has 0 unspecified atom stereocenters. The molecule has 0 heterocycles. The van der Waals surface area contributed by atoms with Gasteiger partial charge in [-0.3, -0.25) is 0 Å². The summed E-state index contributed by atoms with van der Waals surface area (Å²) in [6.07, 6.45) is 6.95. The Morgan fingerprint density at radius 2 is 2.00 bits per heavy atom. The molecule has 0 fully saturated rings. The lowest BCUT2D eigenvalue weighted by Gasteiger charge is -2.26. The van der Waals surface area contributed by atoms with Crippen molar-refractivity contribution in [2.75, 3.05) is 6.26 Å². The van der Waals surface area contributed by atoms with Crippen LogP contribution in [0.3, 0.4) is 0 Å². The second kappa shape index (κ2) is 4.87. The van der Waals surface area contributed by atoms with E-state index < -0.39 is 0 Å². The van der Waals surface area contributed by atoms with E-state index >= 15 is 0 Å². The van der Waals surface area contributed by atoms with Gasteiger partial charge in [0.1, 0.15) is 0 Å². The Labute approximate surface area is 75.5 Å². The van der Waals surface area contributed by atoms with Crippen molar-refractivity contribution in [3.8, 4) is 0 Å². The molecular formula is C10H20S. The molecule has 0 rings (SSSR count). The minimum atomic E-state index is 0.392. The van der Waals surface area contributed by atoms with E-state index in [-0.39, 0.29) is 0 Å². The highest BCUT2D eigenvalue weighted by atomic mass is 32.2. The molecule has 0 atom stereocenters. The maximum atomic E-state index is 2.32. The largest absolute Gasteiger partial charge is 0.134 e. The van der Waals surface area contributed by atoms with Crippen LogP contribution in [0.25, 0.3) is 0 Å². The predicted molar refractivity (Wildman–Crippen MR) is 56.0 cm³/mol. The molecule has 0 amide bonds. The van der Waals surface area contributed by atoms with E-state index in [1.165, 1.54) is 17.7 Å². The molecule has 0 N–H and O–H groups in total. The van der Waals surface area contributed by atoms with Gasteiger partial charge in [-0.2, -0.15) is 0 Å². The SMILES string of the molecule is C/C=C(\SC)C(C)(C)CCC. The summed E-state index contributed by atoms with van der Waals surface area (Å²) in [6, 6.07) is 0. The Bertz CT molecular complexity index is 134. The molecule has 0 aliphatic rings. The van der Waals surface area contributed by atoms with E-state index in [2.05, 4.69) is 40.0 Å². The molecule has 11 heavy (non-hydrogen) atoms. The molecule has 0 aliphatic heterocycles. The first kappa shape index (κ1) is 11.1. The van der Waals surface area contributed by atoms with Gasteiger partial charge in [0.25, 0.3) is 0 Å². The second-order valence-electron chi connectivity index (χ2n) is 3.49. The Balaban J connectivity index is 4.25. The smallest absolute Gasteiger partial charge is 0.00472 e. The molecule has 0 aromatic carbocycles. The van der Waals surface area contributed by atoms with Crippen molar-refractivity contribution in [2.24, 2.45) is 5.41 Å². The van der Waals surface area contributed by atoms with E-state index in [1.807, 2.05) is 11.8 Å². The average molecular weight is 172 g/mol. The van der Waals surface area contributed by atoms with Crippen LogP contribution >= 0.6 is 11.8 Å². The van der Waals surface area contributed by atoms with Crippen LogP contribution < -0.4 is 0 Å². The zero-order chi connectivity index (χ0) is 8.91. The highest BCUT2D eigenvalue weighted by Crippen LogP contribution is 2.37. The highest BCUT2D eigenvalue weighted by molar-refractivity contribution is 8.02. The topological polar surface area (TPSA) is 0 Å². The summed E-state index contributed by atoms with van der Waals surface area (Å²) in [7, 11) is 0. The monoisotopic (exact) mass is 172 g/mol. The Morgan fingerprint density at radius 1 is 1.45 bits per heavy atom. The van der Waals surface area contributed by atoms with Gasteiger partial charge in [-0.15, -0.1) is 11.8 Å². The zero-order valence-electron chi connectivity index (χ0n) is 8.40. The summed E-state index contributed by atoms with van der Waals surface area (Å²) in [4.78, 5) is 1.51. The van der Waals surface area contributed by atoms with Crippen LogP contribution in [0.5, 0.6) is 0 Å². The zero-order valence-corrected chi connectivity index (χ0v) is 9.22. The number of allylic oxidation sites excluding steroid dienone is 2. The molecule has 66 valence electrons. The van der Waals surface area contributed by atoms with Gasteiger partial charge in [0, 0.05) is 0 Å². The van der Waals surface area contributed by atoms with Crippen molar-refractivity contribution in [1.29, 1.82) is 0 Å². The summed E-state index contributed by atoms with van der Waals surface area (Å²) in [6.45, 7) is 9.02. The Kier molecular flexibility index (Phi) is 4.91. The number of hydrogen-bond acceptors (Lipinski definition) is 1. The summed E-state index contributed by atoms with van der Waals surface area (Å²) >= 11 is 1.88. The number of hydrogen-bond donors (Lipinski definition) is 0. The van der Waals surface area contributed by atoms with Gasteiger partial charge in [0.2, 0.25) is 0 Å². The van der Waals surface area contributed by atoms with Crippen molar-refractivity contribution >= 4 is 11.8 Å². The summed E-state index contributed by atoms with van der Waals surface area (Å²) in [5.74, 6) is 0. The van der Waals surface area contributed by atoms with Crippen molar-refractivity contribution in [2.45, 2.75) is 40.5 Å². The van der Waals surface area contributed by atoms with E-state index in [0.29, 0.717) is 5.41 Å². The normalized spacial score (nSPS) is 13.7. The lowest BCUT2D eigenvalue weighted by atomic mass is 9.87. The lowest BCUT2D eigenvalue weighted by molar-refractivity contribution is 0.423. The molecule has 1 heteroatoms. The van der Waals surface area contributed by atoms with Crippen LogP contribution in [-0.2, 0) is 0 Å². The van der Waals surface area contributed by atoms with Crippen LogP contribution in [0, 0.1) is 5.41 Å². The van der Waals surface area contributed by atoms with E-state index in [0.717, 1.165) is 0 Å². The first-order chi connectivity index (χ1) is 5.08. The van der Waals surface area contributed by atoms with Crippen molar-refractivity contribution < 1.29 is 0 Å². The van der Waals surface area contributed by atoms with Gasteiger partial charge in [-0.1, -0.05) is 33.3 Å². The van der Waals surface area contributed by atoms with Gasteiger partial charge in [-0.25, -0.2) is 0 Å². The van der Waals surface area contributed by atoms with Gasteiger partial charge in [-0.05, 0) is 29.9 Å². The highest BCUT2D eigenvalue weighted by Gasteiger charge is 2.20. The fourth-order valence-corrected chi connectivity index (χ4v) is 2.42. The van der Waals surface area contributed by atoms with Gasteiger partial charge in [0.05, 0.1) is 0 Å². The average Bonchev–Trinajstić information content (AvgIpc) is 1.89. The first-order valence-corrected chi connectivity index (χ1v) is 5.51. The van der Waals surface area contributed by atoms with Gasteiger partial charge < -0.3 is 0 Å². The molecular weight excluding hydrogens is 152 g/mol. The standard InChI is InChI=1S/C10H20S/c1-6-8-10(3,4)9(7-2)11-5/h7H,6,8H2,1-5H3/b9-7-. The third-order valence-corrected chi connectivity index (χ3v) is 3.25. The second-order valence-corrected chi connectivity index (χ2v) is 4.34. The molecule has 0 radical (unpaired) electrons. The molecule has 0 bridgehead atoms. The first-order valence-electron chi connectivity index (χ1n) is 4.29. The number of thioether (sulfide) groups is 1. The summed E-state index contributed by atoms with van der Waals surface area (Å²) in [5.41, 5.74) is 0.392. The van der Waals surface area contributed by atoms with E-state index in [4.69, 9.17) is 0 Å². The predicted octanol–water partition coefficient (Wildman–Crippen LogP) is 4.08. The van der Waals surface area contributed by atoms with Gasteiger partial charge >= 0.3 is 0 Å². The molecule has 0 spiro atoms. The van der Waals surface area contributed by atoms with Crippen LogP contribution in [-0.4, -0.2) is 6.26 Å².